The van der Waals surface area contributed by atoms with Crippen molar-refractivity contribution in [3.63, 3.8) is 0 Å². The van der Waals surface area contributed by atoms with Gasteiger partial charge >= 0.3 is 0 Å². The van der Waals surface area contributed by atoms with Gasteiger partial charge in [0.25, 0.3) is 0 Å². The minimum absolute atomic E-state index is 0. The molecule has 1 aromatic carbocycles. The summed E-state index contributed by atoms with van der Waals surface area (Å²) in [5.74, 6) is 1.55. The molecule has 0 aliphatic rings. The summed E-state index contributed by atoms with van der Waals surface area (Å²) in [4.78, 5) is 0. The second kappa shape index (κ2) is 10.2. The highest BCUT2D eigenvalue weighted by atomic mass is 35.5. The van der Waals surface area contributed by atoms with Crippen LogP contribution < -0.4 is 14.8 Å². The van der Waals surface area contributed by atoms with E-state index in [1.165, 1.54) is 11.1 Å². The second-order valence-corrected chi connectivity index (χ2v) is 5.62. The first-order valence-corrected chi connectivity index (χ1v) is 8.12. The Morgan fingerprint density at radius 3 is 2.58 bits per heavy atom. The largest absolute Gasteiger partial charge is 0.493 e. The van der Waals surface area contributed by atoms with Crippen molar-refractivity contribution in [1.82, 2.24) is 15.1 Å². The zero-order valence-corrected chi connectivity index (χ0v) is 15.8. The minimum atomic E-state index is 0. The van der Waals surface area contributed by atoms with Crippen molar-refractivity contribution in [3.05, 3.63) is 41.2 Å². The summed E-state index contributed by atoms with van der Waals surface area (Å²) in [5.41, 5.74) is 3.61. The summed E-state index contributed by atoms with van der Waals surface area (Å²) in [7, 11) is 3.32. The number of nitrogens with one attached hydrogen (secondary N) is 1. The van der Waals surface area contributed by atoms with Gasteiger partial charge in [-0.1, -0.05) is 13.0 Å². The molecule has 2 rings (SSSR count). The fourth-order valence-electron chi connectivity index (χ4n) is 2.57. The Labute approximate surface area is 150 Å². The number of ether oxygens (including phenoxy) is 2. The van der Waals surface area contributed by atoms with Gasteiger partial charge in [0.2, 0.25) is 0 Å². The van der Waals surface area contributed by atoms with Gasteiger partial charge in [-0.15, -0.1) is 12.4 Å². The van der Waals surface area contributed by atoms with E-state index >= 15 is 0 Å². The highest BCUT2D eigenvalue weighted by Gasteiger charge is 2.06. The average Bonchev–Trinajstić information content (AvgIpc) is 2.91. The number of methoxy groups -OCH3 is 2. The number of aryl methyl sites for hydroxylation is 2. The normalized spacial score (nSPS) is 10.3. The molecule has 0 bridgehead atoms. The van der Waals surface area contributed by atoms with Crippen LogP contribution in [0.2, 0.25) is 0 Å². The molecule has 1 heterocycles. The van der Waals surface area contributed by atoms with Crippen LogP contribution >= 0.6 is 12.4 Å². The lowest BCUT2D eigenvalue weighted by Crippen LogP contribution is -2.17. The van der Waals surface area contributed by atoms with E-state index in [2.05, 4.69) is 36.5 Å². The van der Waals surface area contributed by atoms with Crippen molar-refractivity contribution in [2.24, 2.45) is 0 Å². The molecule has 2 aromatic rings. The molecule has 1 aromatic heterocycles. The summed E-state index contributed by atoms with van der Waals surface area (Å²) in [6.07, 6.45) is 4.19. The minimum Gasteiger partial charge on any atom is -0.493 e. The molecule has 0 aliphatic carbocycles. The smallest absolute Gasteiger partial charge is 0.160 e. The highest BCUT2D eigenvalue weighted by molar-refractivity contribution is 5.85. The first kappa shape index (κ1) is 20.3. The van der Waals surface area contributed by atoms with Gasteiger partial charge in [-0.05, 0) is 44.0 Å². The molecule has 134 valence electrons. The predicted octanol–water partition coefficient (Wildman–Crippen LogP) is 3.37. The molecule has 0 radical (unpaired) electrons. The van der Waals surface area contributed by atoms with Crippen molar-refractivity contribution < 1.29 is 9.47 Å². The van der Waals surface area contributed by atoms with Gasteiger partial charge in [0, 0.05) is 24.8 Å². The number of nitrogens with zero attached hydrogens (tertiary/aromatic N) is 2. The summed E-state index contributed by atoms with van der Waals surface area (Å²) in [6, 6.07) is 6.06. The Bertz CT molecular complexity index is 629. The van der Waals surface area contributed by atoms with Gasteiger partial charge in [-0.25, -0.2) is 0 Å². The van der Waals surface area contributed by atoms with Gasteiger partial charge in [0.05, 0.1) is 19.9 Å². The molecule has 1 N–H and O–H groups in total. The van der Waals surface area contributed by atoms with E-state index in [9.17, 15) is 0 Å². The van der Waals surface area contributed by atoms with Crippen LogP contribution in [0.1, 0.15) is 30.2 Å². The maximum absolute atomic E-state index is 5.34. The lowest BCUT2D eigenvalue weighted by atomic mass is 10.1. The Hall–Kier alpha value is -1.72. The van der Waals surface area contributed by atoms with E-state index < -0.39 is 0 Å². The maximum atomic E-state index is 5.34. The van der Waals surface area contributed by atoms with Crippen LogP contribution in [0.15, 0.2) is 24.4 Å². The van der Waals surface area contributed by atoms with Crippen LogP contribution in [-0.2, 0) is 19.5 Å². The van der Waals surface area contributed by atoms with E-state index in [1.807, 2.05) is 16.8 Å². The predicted molar refractivity (Wildman–Crippen MR) is 99.5 cm³/mol. The van der Waals surface area contributed by atoms with Crippen LogP contribution in [0.25, 0.3) is 0 Å². The second-order valence-electron chi connectivity index (χ2n) is 5.62. The molecular weight excluding hydrogens is 326 g/mol. The molecule has 5 nitrogen and oxygen atoms in total. The molecule has 0 aliphatic heterocycles. The number of rotatable bonds is 9. The molecule has 0 saturated carbocycles. The van der Waals surface area contributed by atoms with Crippen LogP contribution in [0.5, 0.6) is 11.5 Å². The topological polar surface area (TPSA) is 48.3 Å². The molecule has 6 heteroatoms. The van der Waals surface area contributed by atoms with E-state index in [4.69, 9.17) is 9.47 Å². The monoisotopic (exact) mass is 353 g/mol. The van der Waals surface area contributed by atoms with Crippen molar-refractivity contribution in [3.8, 4) is 11.5 Å². The number of aromatic nitrogens is 2. The third-order valence-corrected chi connectivity index (χ3v) is 3.85. The highest BCUT2D eigenvalue weighted by Crippen LogP contribution is 2.27. The number of hydrogen-bond acceptors (Lipinski definition) is 4. The third-order valence-electron chi connectivity index (χ3n) is 3.85. The zero-order valence-electron chi connectivity index (χ0n) is 15.0. The molecular formula is C18H28ClN3O2. The lowest BCUT2D eigenvalue weighted by Gasteiger charge is -2.10. The maximum Gasteiger partial charge on any atom is 0.160 e. The van der Waals surface area contributed by atoms with Crippen molar-refractivity contribution in [2.75, 3.05) is 20.8 Å². The quantitative estimate of drug-likeness (QED) is 0.702. The fraction of sp³-hybridized carbons (Fsp3) is 0.500. The van der Waals surface area contributed by atoms with E-state index in [0.717, 1.165) is 49.7 Å². The first-order valence-electron chi connectivity index (χ1n) is 8.12. The average molecular weight is 354 g/mol. The fourth-order valence-corrected chi connectivity index (χ4v) is 2.57. The number of benzene rings is 1. The van der Waals surface area contributed by atoms with Crippen LogP contribution in [0.3, 0.4) is 0 Å². The van der Waals surface area contributed by atoms with E-state index in [0.29, 0.717) is 0 Å². The number of halogens is 1. The summed E-state index contributed by atoms with van der Waals surface area (Å²) in [5, 5.41) is 8.01. The van der Waals surface area contributed by atoms with Gasteiger partial charge < -0.3 is 14.8 Å². The SMILES string of the molecule is CCCn1cc(CNCCc2ccc(OC)c(OC)c2)c(C)n1.Cl. The molecule has 0 saturated heterocycles. The zero-order chi connectivity index (χ0) is 16.7. The van der Waals surface area contributed by atoms with Crippen molar-refractivity contribution in [1.29, 1.82) is 0 Å². The first-order chi connectivity index (χ1) is 11.2. The van der Waals surface area contributed by atoms with Gasteiger partial charge in [-0.3, -0.25) is 4.68 Å². The van der Waals surface area contributed by atoms with E-state index in [-0.39, 0.29) is 12.4 Å². The molecule has 0 amide bonds. The summed E-state index contributed by atoms with van der Waals surface area (Å²) >= 11 is 0. The summed E-state index contributed by atoms with van der Waals surface area (Å²) < 4.78 is 12.6. The van der Waals surface area contributed by atoms with Crippen molar-refractivity contribution >= 4 is 12.4 Å². The number of hydrogen-bond donors (Lipinski definition) is 1. The molecule has 0 unspecified atom stereocenters. The molecule has 0 fully saturated rings. The molecule has 0 atom stereocenters. The Morgan fingerprint density at radius 2 is 1.92 bits per heavy atom. The standard InChI is InChI=1S/C18H27N3O2.ClH/c1-5-10-21-13-16(14(2)20-21)12-19-9-8-15-6-7-17(22-3)18(11-15)23-4;/h6-7,11,13,19H,5,8-10,12H2,1-4H3;1H. The lowest BCUT2D eigenvalue weighted by molar-refractivity contribution is 0.354. The molecule has 0 spiro atoms. The molecule has 24 heavy (non-hydrogen) atoms. The van der Waals surface area contributed by atoms with Crippen molar-refractivity contribution in [2.45, 2.75) is 39.8 Å². The van der Waals surface area contributed by atoms with Gasteiger partial charge in [0.1, 0.15) is 0 Å². The van der Waals surface area contributed by atoms with Gasteiger partial charge in [0.15, 0.2) is 11.5 Å². The Kier molecular flexibility index (Phi) is 8.65. The van der Waals surface area contributed by atoms with Crippen LogP contribution in [0, 0.1) is 6.92 Å². The van der Waals surface area contributed by atoms with E-state index in [1.54, 1.807) is 14.2 Å². The van der Waals surface area contributed by atoms with Crippen LogP contribution in [0.4, 0.5) is 0 Å². The Balaban J connectivity index is 0.00000288. The Morgan fingerprint density at radius 1 is 1.17 bits per heavy atom. The third kappa shape index (κ3) is 5.42. The summed E-state index contributed by atoms with van der Waals surface area (Å²) in [6.45, 7) is 6.97. The van der Waals surface area contributed by atoms with Crippen LogP contribution in [-0.4, -0.2) is 30.5 Å². The van der Waals surface area contributed by atoms with Gasteiger partial charge in [-0.2, -0.15) is 5.10 Å².